The fourth-order valence-corrected chi connectivity index (χ4v) is 2.39. The third-order valence-corrected chi connectivity index (χ3v) is 3.14. The number of nitrogens with one attached hydrogen (secondary N) is 1. The van der Waals surface area contributed by atoms with Gasteiger partial charge in [0.1, 0.15) is 10.1 Å². The molecule has 0 bridgehead atoms. The summed E-state index contributed by atoms with van der Waals surface area (Å²) >= 11 is 1.16. The number of carbonyl (C=O) groups is 1. The molecule has 1 rings (SSSR count). The predicted octanol–water partition coefficient (Wildman–Crippen LogP) is -2.85. The van der Waals surface area contributed by atoms with Gasteiger partial charge in [-0.15, -0.1) is 0 Å². The minimum Gasteiger partial charge on any atom is -0.747 e. The summed E-state index contributed by atoms with van der Waals surface area (Å²) in [7, 11) is -4.77. The Balaban J connectivity index is 0.00000169. The zero-order chi connectivity index (χ0) is 10.1. The zero-order valence-corrected chi connectivity index (χ0v) is 12.0. The van der Waals surface area contributed by atoms with E-state index in [1.807, 2.05) is 0 Å². The Morgan fingerprint density at radius 3 is 2.43 bits per heavy atom. The number of amides is 1. The molecule has 0 saturated heterocycles. The van der Waals surface area contributed by atoms with Crippen LogP contribution < -0.4 is 57.1 Å². The van der Waals surface area contributed by atoms with Crippen LogP contribution in [0.1, 0.15) is 10.8 Å². The minimum atomic E-state index is -4.77. The topological polar surface area (TPSA) is 98.1 Å². The fourth-order valence-electron chi connectivity index (χ4n) is 0.873. The van der Waals surface area contributed by atoms with E-state index in [1.165, 1.54) is 16.8 Å². The van der Waals surface area contributed by atoms with Crippen molar-refractivity contribution in [3.05, 3.63) is 22.4 Å². The van der Waals surface area contributed by atoms with Crippen LogP contribution in [0.25, 0.3) is 0 Å². The molecule has 5 nitrogen and oxygen atoms in total. The first-order chi connectivity index (χ1) is 5.93. The van der Waals surface area contributed by atoms with Crippen molar-refractivity contribution < 1.29 is 69.1 Å². The molecule has 1 amide bonds. The molecule has 1 heterocycles. The molecule has 1 radical (unpaired) electrons. The molecule has 71 valence electrons. The third kappa shape index (κ3) is 3.70. The molecule has 1 aromatic heterocycles. The Morgan fingerprint density at radius 1 is 1.57 bits per heavy atom. The van der Waals surface area contributed by atoms with E-state index in [4.69, 9.17) is 5.73 Å². The van der Waals surface area contributed by atoms with E-state index in [2.05, 4.69) is 0 Å². The van der Waals surface area contributed by atoms with Crippen LogP contribution in [0.15, 0.2) is 16.8 Å². The van der Waals surface area contributed by atoms with Crippen molar-refractivity contribution in [3.8, 4) is 0 Å². The summed E-state index contributed by atoms with van der Waals surface area (Å²) in [6, 6.07) is 1.34. The fraction of sp³-hybridized carbons (Fsp3) is 0.167. The molecule has 1 N–H and O–H groups in total. The summed E-state index contributed by atoms with van der Waals surface area (Å²) in [5.74, 6) is -1.40. The van der Waals surface area contributed by atoms with Gasteiger partial charge >= 0.3 is 51.4 Å². The van der Waals surface area contributed by atoms with E-state index in [0.29, 0.717) is 0 Å². The van der Waals surface area contributed by atoms with Gasteiger partial charge < -0.3 is 4.55 Å². The summed E-state index contributed by atoms with van der Waals surface area (Å²) in [5.41, 5.74) is 6.72. The van der Waals surface area contributed by atoms with Crippen LogP contribution in [-0.2, 0) is 14.9 Å². The number of carbonyl (C=O) groups excluding carboxylic acids is 1. The Kier molecular flexibility index (Phi) is 6.00. The average Bonchev–Trinajstić information content (AvgIpc) is 2.34. The second kappa shape index (κ2) is 5.71. The molecule has 0 aliphatic carbocycles. The third-order valence-electron chi connectivity index (χ3n) is 1.37. The van der Waals surface area contributed by atoms with Gasteiger partial charge in [0, 0.05) is 0 Å². The van der Waals surface area contributed by atoms with Crippen LogP contribution in [0, 0.1) is 0 Å². The van der Waals surface area contributed by atoms with Crippen molar-refractivity contribution in [2.45, 2.75) is 5.25 Å². The summed E-state index contributed by atoms with van der Waals surface area (Å²) in [6.45, 7) is 0. The first-order valence-electron chi connectivity index (χ1n) is 3.15. The van der Waals surface area contributed by atoms with Gasteiger partial charge in [0.2, 0.25) is 0 Å². The van der Waals surface area contributed by atoms with E-state index < -0.39 is 21.3 Å². The number of thiophene rings is 1. The smallest absolute Gasteiger partial charge is 0.747 e. The molecule has 0 spiro atoms. The molecule has 14 heavy (non-hydrogen) atoms. The molecule has 0 aliphatic rings. The number of rotatable bonds is 3. The van der Waals surface area contributed by atoms with Crippen LogP contribution in [0.3, 0.4) is 0 Å². The van der Waals surface area contributed by atoms with Gasteiger partial charge in [-0.05, 0) is 22.4 Å². The van der Waals surface area contributed by atoms with E-state index in [1.54, 1.807) is 0 Å². The zero-order valence-electron chi connectivity index (χ0n) is 7.26. The maximum atomic E-state index is 10.6. The van der Waals surface area contributed by atoms with Gasteiger partial charge in [0.05, 0.1) is 0 Å². The summed E-state index contributed by atoms with van der Waals surface area (Å²) in [4.78, 5) is 10.6. The molecule has 0 fully saturated rings. The number of hydrogen-bond donors (Lipinski definition) is 0. The van der Waals surface area contributed by atoms with Gasteiger partial charge in [-0.2, -0.15) is 11.3 Å². The average molecular weight is 258 g/mol. The maximum Gasteiger partial charge on any atom is 1.00 e. The SMILES string of the molecule is [K+].[NH]C(=O)C(c1ccsc1)S(=O)(=O)[O-]. The van der Waals surface area contributed by atoms with Crippen molar-refractivity contribution in [1.82, 2.24) is 5.73 Å². The van der Waals surface area contributed by atoms with Crippen LogP contribution in [0.5, 0.6) is 0 Å². The van der Waals surface area contributed by atoms with Crippen molar-refractivity contribution in [3.63, 3.8) is 0 Å². The second-order valence-electron chi connectivity index (χ2n) is 2.29. The molecule has 1 atom stereocenters. The van der Waals surface area contributed by atoms with Crippen LogP contribution in [0.4, 0.5) is 0 Å². The Hall–Kier alpha value is 0.716. The van der Waals surface area contributed by atoms with Crippen LogP contribution in [0.2, 0.25) is 0 Å². The summed E-state index contributed by atoms with van der Waals surface area (Å²) in [5, 5.41) is 1.03. The van der Waals surface area contributed by atoms with Crippen molar-refractivity contribution in [1.29, 1.82) is 0 Å². The molecule has 1 unspecified atom stereocenters. The van der Waals surface area contributed by atoms with Crippen LogP contribution >= 0.6 is 11.3 Å². The van der Waals surface area contributed by atoms with Crippen LogP contribution in [-0.4, -0.2) is 18.9 Å². The standard InChI is InChI=1S/C6H6NO4S2.K/c7-6(8)5(13(9,10)11)4-1-2-12-3-4;/h1-3,5,7H,(H,9,10,11);/q;+1/p-1. The van der Waals surface area contributed by atoms with E-state index >= 15 is 0 Å². The van der Waals surface area contributed by atoms with E-state index in [9.17, 15) is 17.8 Å². The summed E-state index contributed by atoms with van der Waals surface area (Å²) < 4.78 is 31.7. The monoisotopic (exact) mass is 258 g/mol. The Bertz CT molecular complexity index is 399. The van der Waals surface area contributed by atoms with Gasteiger partial charge in [0.15, 0.2) is 5.25 Å². The molecule has 1 aromatic rings. The van der Waals surface area contributed by atoms with E-state index in [0.717, 1.165) is 11.3 Å². The maximum absolute atomic E-state index is 10.6. The molecule has 0 saturated carbocycles. The minimum absolute atomic E-state index is 0. The summed E-state index contributed by atoms with van der Waals surface area (Å²) in [6.07, 6.45) is 0. The first kappa shape index (κ1) is 14.7. The van der Waals surface area contributed by atoms with Crippen molar-refractivity contribution in [2.75, 3.05) is 0 Å². The van der Waals surface area contributed by atoms with Gasteiger partial charge in [0.25, 0.3) is 5.91 Å². The molecule has 0 aromatic carbocycles. The second-order valence-corrected chi connectivity index (χ2v) is 4.53. The Labute approximate surface area is 128 Å². The van der Waals surface area contributed by atoms with Crippen molar-refractivity contribution >= 4 is 27.4 Å². The molecular weight excluding hydrogens is 253 g/mol. The largest absolute Gasteiger partial charge is 1.00 e. The predicted molar refractivity (Wildman–Crippen MR) is 44.9 cm³/mol. The normalized spacial score (nSPS) is 12.9. The Morgan fingerprint density at radius 2 is 2.14 bits per heavy atom. The van der Waals surface area contributed by atoms with E-state index in [-0.39, 0.29) is 56.9 Å². The van der Waals surface area contributed by atoms with Crippen molar-refractivity contribution in [2.24, 2.45) is 0 Å². The van der Waals surface area contributed by atoms with Gasteiger partial charge in [-0.25, -0.2) is 8.42 Å². The molecule has 0 aliphatic heterocycles. The molecule has 8 heteroatoms. The molecular formula is C6H5KNO4S2. The van der Waals surface area contributed by atoms with Gasteiger partial charge in [-0.3, -0.25) is 10.5 Å². The van der Waals surface area contributed by atoms with Gasteiger partial charge in [-0.1, -0.05) is 0 Å². The number of hydrogen-bond acceptors (Lipinski definition) is 5. The quantitative estimate of drug-likeness (QED) is 0.430. The first-order valence-corrected chi connectivity index (χ1v) is 5.56.